The highest BCUT2D eigenvalue weighted by atomic mass is 32.2. The topological polar surface area (TPSA) is 37.6 Å². The Morgan fingerprint density at radius 1 is 1.19 bits per heavy atom. The fourth-order valence-corrected chi connectivity index (χ4v) is 4.20. The van der Waals surface area contributed by atoms with Crippen LogP contribution in [0.3, 0.4) is 0 Å². The van der Waals surface area contributed by atoms with Gasteiger partial charge in [0.25, 0.3) is 5.91 Å². The van der Waals surface area contributed by atoms with Gasteiger partial charge in [0.05, 0.1) is 4.91 Å². The summed E-state index contributed by atoms with van der Waals surface area (Å²) in [5.41, 5.74) is 3.93. The molecular formula is C20H22FN3OS. The molecule has 4 nitrogen and oxygen atoms in total. The molecule has 1 fully saturated rings. The molecule has 0 bridgehead atoms. The van der Waals surface area contributed by atoms with Gasteiger partial charge >= 0.3 is 0 Å². The number of amidine groups is 1. The van der Waals surface area contributed by atoms with Gasteiger partial charge in [-0.15, -0.1) is 0 Å². The number of thioether (sulfide) groups is 1. The van der Waals surface area contributed by atoms with E-state index in [1.165, 1.54) is 23.9 Å². The van der Waals surface area contributed by atoms with Crippen LogP contribution < -0.4 is 0 Å². The van der Waals surface area contributed by atoms with Crippen molar-refractivity contribution in [3.05, 3.63) is 58.0 Å². The predicted molar refractivity (Wildman–Crippen MR) is 106 cm³/mol. The van der Waals surface area contributed by atoms with Crippen LogP contribution in [-0.4, -0.2) is 33.6 Å². The lowest BCUT2D eigenvalue weighted by atomic mass is 10.2. The van der Waals surface area contributed by atoms with Crippen LogP contribution in [0.2, 0.25) is 0 Å². The second-order valence-electron chi connectivity index (χ2n) is 6.06. The van der Waals surface area contributed by atoms with Crippen molar-refractivity contribution in [3.63, 3.8) is 0 Å². The molecule has 0 saturated carbocycles. The maximum absolute atomic E-state index is 13.2. The van der Waals surface area contributed by atoms with Gasteiger partial charge in [-0.2, -0.15) is 0 Å². The minimum atomic E-state index is -0.256. The van der Waals surface area contributed by atoms with Gasteiger partial charge in [-0.3, -0.25) is 14.7 Å². The molecule has 0 N–H and O–H groups in total. The van der Waals surface area contributed by atoms with Crippen LogP contribution >= 0.6 is 11.8 Å². The number of rotatable bonds is 4. The summed E-state index contributed by atoms with van der Waals surface area (Å²) in [6.45, 7) is 9.18. The van der Waals surface area contributed by atoms with E-state index in [0.717, 1.165) is 27.8 Å². The lowest BCUT2D eigenvalue weighted by molar-refractivity contribution is -0.122. The SMILES string of the molecule is CCN=C1S/C(=C\c2cc(C)n(-c3ccc(F)cc3)c2C)C(=O)N1CC. The maximum atomic E-state index is 13.2. The number of aryl methyl sites for hydroxylation is 1. The van der Waals surface area contributed by atoms with Crippen molar-refractivity contribution in [2.24, 2.45) is 4.99 Å². The first-order chi connectivity index (χ1) is 12.5. The van der Waals surface area contributed by atoms with Crippen molar-refractivity contribution in [1.29, 1.82) is 0 Å². The van der Waals surface area contributed by atoms with Crippen molar-refractivity contribution in [3.8, 4) is 5.69 Å². The van der Waals surface area contributed by atoms with E-state index in [0.29, 0.717) is 18.0 Å². The number of likely N-dealkylation sites (N-methyl/N-ethyl adjacent to an activating group) is 1. The van der Waals surface area contributed by atoms with Gasteiger partial charge in [0, 0.05) is 30.2 Å². The molecule has 1 aromatic heterocycles. The first-order valence-electron chi connectivity index (χ1n) is 8.67. The zero-order chi connectivity index (χ0) is 18.8. The number of carbonyl (C=O) groups is 1. The van der Waals surface area contributed by atoms with Gasteiger partial charge in [-0.1, -0.05) is 0 Å². The highest BCUT2D eigenvalue weighted by Gasteiger charge is 2.32. The van der Waals surface area contributed by atoms with Crippen LogP contribution in [0.25, 0.3) is 11.8 Å². The van der Waals surface area contributed by atoms with Crippen molar-refractivity contribution >= 4 is 28.9 Å². The fourth-order valence-electron chi connectivity index (χ4n) is 3.10. The summed E-state index contributed by atoms with van der Waals surface area (Å²) in [5.74, 6) is -0.259. The second kappa shape index (κ2) is 7.50. The maximum Gasteiger partial charge on any atom is 0.266 e. The van der Waals surface area contributed by atoms with E-state index in [4.69, 9.17) is 0 Å². The summed E-state index contributed by atoms with van der Waals surface area (Å²) in [4.78, 5) is 19.5. The van der Waals surface area contributed by atoms with Crippen LogP contribution in [0.4, 0.5) is 4.39 Å². The Kier molecular flexibility index (Phi) is 5.32. The highest BCUT2D eigenvalue weighted by Crippen LogP contribution is 2.33. The Balaban J connectivity index is 2.00. The van der Waals surface area contributed by atoms with E-state index in [2.05, 4.69) is 9.56 Å². The largest absolute Gasteiger partial charge is 0.318 e. The second-order valence-corrected chi connectivity index (χ2v) is 7.06. The van der Waals surface area contributed by atoms with Gasteiger partial charge < -0.3 is 4.57 Å². The first kappa shape index (κ1) is 18.5. The average Bonchev–Trinajstić information content (AvgIpc) is 3.06. The number of nitrogens with zero attached hydrogens (tertiary/aromatic N) is 3. The Morgan fingerprint density at radius 2 is 1.88 bits per heavy atom. The number of hydrogen-bond donors (Lipinski definition) is 0. The van der Waals surface area contributed by atoms with Crippen LogP contribution in [0, 0.1) is 19.7 Å². The molecule has 1 amide bonds. The number of benzene rings is 1. The Labute approximate surface area is 157 Å². The summed E-state index contributed by atoms with van der Waals surface area (Å²) in [7, 11) is 0. The summed E-state index contributed by atoms with van der Waals surface area (Å²) >= 11 is 1.42. The summed E-state index contributed by atoms with van der Waals surface area (Å²) in [6.07, 6.45) is 1.93. The minimum Gasteiger partial charge on any atom is -0.318 e. The van der Waals surface area contributed by atoms with E-state index in [9.17, 15) is 9.18 Å². The molecule has 0 spiro atoms. The quantitative estimate of drug-likeness (QED) is 0.740. The number of aromatic nitrogens is 1. The lowest BCUT2D eigenvalue weighted by Gasteiger charge is -2.11. The third kappa shape index (κ3) is 3.33. The van der Waals surface area contributed by atoms with Crippen LogP contribution in [0.5, 0.6) is 0 Å². The molecule has 6 heteroatoms. The van der Waals surface area contributed by atoms with Crippen LogP contribution in [0.1, 0.15) is 30.8 Å². The smallest absolute Gasteiger partial charge is 0.266 e. The Hall–Kier alpha value is -2.34. The van der Waals surface area contributed by atoms with Crippen LogP contribution in [-0.2, 0) is 4.79 Å². The summed E-state index contributed by atoms with van der Waals surface area (Å²) < 4.78 is 15.3. The number of carbonyl (C=O) groups excluding carboxylic acids is 1. The van der Waals surface area contributed by atoms with E-state index in [-0.39, 0.29) is 11.7 Å². The zero-order valence-electron chi connectivity index (χ0n) is 15.4. The van der Waals surface area contributed by atoms with Gasteiger partial charge in [0.1, 0.15) is 5.82 Å². The average molecular weight is 371 g/mol. The third-order valence-corrected chi connectivity index (χ3v) is 5.38. The van der Waals surface area contributed by atoms with E-state index in [1.807, 2.05) is 39.8 Å². The van der Waals surface area contributed by atoms with Crippen molar-refractivity contribution in [2.45, 2.75) is 27.7 Å². The molecule has 0 radical (unpaired) electrons. The molecule has 26 heavy (non-hydrogen) atoms. The first-order valence-corrected chi connectivity index (χ1v) is 9.48. The van der Waals surface area contributed by atoms with Crippen molar-refractivity contribution in [1.82, 2.24) is 9.47 Å². The molecule has 0 aliphatic carbocycles. The fraction of sp³-hybridized carbons (Fsp3) is 0.300. The molecule has 136 valence electrons. The predicted octanol–water partition coefficient (Wildman–Crippen LogP) is 4.55. The van der Waals surface area contributed by atoms with Gasteiger partial charge in [-0.05, 0) is 81.4 Å². The molecule has 1 aliphatic rings. The highest BCUT2D eigenvalue weighted by molar-refractivity contribution is 8.18. The standard InChI is InChI=1S/C20H22FN3OS/c1-5-22-20-23(6-2)19(25)18(26-20)12-15-11-13(3)24(14(15)4)17-9-7-16(21)8-10-17/h7-12H,5-6H2,1-4H3/b18-12-,22-20?. The number of aliphatic imine (C=N–C) groups is 1. The van der Waals surface area contributed by atoms with Crippen LogP contribution in [0.15, 0.2) is 40.2 Å². The van der Waals surface area contributed by atoms with E-state index < -0.39 is 0 Å². The molecule has 3 rings (SSSR count). The molecule has 1 aromatic carbocycles. The summed E-state index contributed by atoms with van der Waals surface area (Å²) in [5, 5.41) is 0.763. The molecule has 2 aromatic rings. The molecule has 0 unspecified atom stereocenters. The lowest BCUT2D eigenvalue weighted by Crippen LogP contribution is -2.28. The molecule has 1 saturated heterocycles. The zero-order valence-corrected chi connectivity index (χ0v) is 16.2. The van der Waals surface area contributed by atoms with E-state index in [1.54, 1.807) is 17.0 Å². The van der Waals surface area contributed by atoms with Gasteiger partial charge in [0.15, 0.2) is 5.17 Å². The van der Waals surface area contributed by atoms with E-state index >= 15 is 0 Å². The van der Waals surface area contributed by atoms with Gasteiger partial charge in [0.2, 0.25) is 0 Å². The van der Waals surface area contributed by atoms with Crippen molar-refractivity contribution in [2.75, 3.05) is 13.1 Å². The minimum absolute atomic E-state index is 0.00344. The summed E-state index contributed by atoms with van der Waals surface area (Å²) in [6, 6.07) is 8.47. The van der Waals surface area contributed by atoms with Crippen molar-refractivity contribution < 1.29 is 9.18 Å². The Bertz CT molecular complexity index is 897. The molecule has 0 atom stereocenters. The number of amides is 1. The molecular weight excluding hydrogens is 349 g/mol. The third-order valence-electron chi connectivity index (χ3n) is 4.34. The molecule has 2 heterocycles. The normalized spacial score (nSPS) is 17.7. The Morgan fingerprint density at radius 3 is 2.50 bits per heavy atom. The number of halogens is 1. The van der Waals surface area contributed by atoms with Gasteiger partial charge in [-0.25, -0.2) is 4.39 Å². The number of hydrogen-bond acceptors (Lipinski definition) is 3. The monoisotopic (exact) mass is 371 g/mol. The molecule has 1 aliphatic heterocycles.